The van der Waals surface area contributed by atoms with Crippen molar-refractivity contribution >= 4 is 15.9 Å². The van der Waals surface area contributed by atoms with E-state index in [1.165, 1.54) is 50.7 Å². The van der Waals surface area contributed by atoms with Crippen molar-refractivity contribution in [2.75, 3.05) is 19.3 Å². The summed E-state index contributed by atoms with van der Waals surface area (Å²) in [6.45, 7) is 13.1. The van der Waals surface area contributed by atoms with Crippen molar-refractivity contribution in [3.63, 3.8) is 0 Å². The second kappa shape index (κ2) is 15.2. The molecule has 0 radical (unpaired) electrons. The molecule has 0 atom stereocenters. The number of carbonyl (C=O) groups is 1. The fraction of sp³-hybridized carbons (Fsp3) is 0.704. The summed E-state index contributed by atoms with van der Waals surface area (Å²) >= 11 is 0. The van der Waals surface area contributed by atoms with Crippen LogP contribution in [0, 0.1) is 12.8 Å². The zero-order valence-electron chi connectivity index (χ0n) is 22.5. The Bertz CT molecular complexity index is 903. The van der Waals surface area contributed by atoms with Gasteiger partial charge in [0, 0.05) is 19.3 Å². The van der Waals surface area contributed by atoms with E-state index in [4.69, 9.17) is 9.84 Å². The van der Waals surface area contributed by atoms with Crippen molar-refractivity contribution in [2.24, 2.45) is 5.92 Å². The number of carbonyl (C=O) groups excluding carboxylic acids is 1. The topological polar surface area (TPSA) is 117 Å². The number of ether oxygens (including phenoxy) is 1. The number of aromatic nitrogens is 1. The predicted molar refractivity (Wildman–Crippen MR) is 143 cm³/mol. The lowest BCUT2D eigenvalue weighted by Gasteiger charge is -2.29. The number of amides is 1. The number of pyridine rings is 1. The number of aliphatic hydroxyl groups is 1. The van der Waals surface area contributed by atoms with Crippen molar-refractivity contribution in [3.8, 4) is 5.75 Å². The molecule has 1 aliphatic heterocycles. The molecule has 2 N–H and O–H groups in total. The van der Waals surface area contributed by atoms with E-state index in [1.54, 1.807) is 11.8 Å². The quantitative estimate of drug-likeness (QED) is 0.506. The summed E-state index contributed by atoms with van der Waals surface area (Å²) in [6.07, 6.45) is 12.9. The maximum atomic E-state index is 11.6. The van der Waals surface area contributed by atoms with Crippen molar-refractivity contribution in [1.82, 2.24) is 9.88 Å². The maximum absolute atomic E-state index is 11.6. The summed E-state index contributed by atoms with van der Waals surface area (Å²) in [4.78, 5) is 17.0. The Morgan fingerprint density at radius 2 is 1.69 bits per heavy atom. The van der Waals surface area contributed by atoms with Gasteiger partial charge in [-0.05, 0) is 57.6 Å². The number of hydrogen-bond acceptors (Lipinski definition) is 7. The number of hydrogen-bond donors (Lipinski definition) is 2. The van der Waals surface area contributed by atoms with Crippen LogP contribution in [-0.2, 0) is 14.6 Å². The van der Waals surface area contributed by atoms with Crippen molar-refractivity contribution in [3.05, 3.63) is 31.0 Å². The molecule has 2 aliphatic carbocycles. The zero-order chi connectivity index (χ0) is 27.4. The fourth-order valence-corrected chi connectivity index (χ4v) is 4.55. The minimum Gasteiger partial charge on any atom is -0.506 e. The molecular weight excluding hydrogens is 480 g/mol. The SMILES string of the molecule is C=C.CC1(OC(=O)N2CCC(O)CC2)CC1.CCC1CCCCC1.Cc1nc(S(C)(=O)=O)ccc1O. The number of likely N-dealkylation sites (tertiary alicyclic amines) is 1. The first-order chi connectivity index (χ1) is 16.9. The summed E-state index contributed by atoms with van der Waals surface area (Å²) in [5, 5.41) is 18.3. The Balaban J connectivity index is 0.000000269. The summed E-state index contributed by atoms with van der Waals surface area (Å²) in [5.41, 5.74) is 0.130. The van der Waals surface area contributed by atoms with Gasteiger partial charge in [0.25, 0.3) is 0 Å². The highest BCUT2D eigenvalue weighted by Gasteiger charge is 2.42. The van der Waals surface area contributed by atoms with E-state index < -0.39 is 9.84 Å². The lowest BCUT2D eigenvalue weighted by molar-refractivity contribution is 0.0342. The molecule has 4 rings (SSSR count). The number of nitrogens with zero attached hydrogens (tertiary/aromatic N) is 2. The molecule has 1 aromatic heterocycles. The maximum Gasteiger partial charge on any atom is 0.410 e. The molecule has 1 saturated heterocycles. The Labute approximate surface area is 217 Å². The van der Waals surface area contributed by atoms with Crippen molar-refractivity contribution in [2.45, 2.75) is 102 Å². The third-order valence-corrected chi connectivity index (χ3v) is 7.71. The lowest BCUT2D eigenvalue weighted by atomic mass is 9.88. The molecule has 9 heteroatoms. The molecule has 2 heterocycles. The summed E-state index contributed by atoms with van der Waals surface area (Å²) in [6, 6.07) is 2.59. The van der Waals surface area contributed by atoms with E-state index in [1.807, 2.05) is 6.92 Å². The van der Waals surface area contributed by atoms with Crippen LogP contribution in [0.3, 0.4) is 0 Å². The third-order valence-electron chi connectivity index (χ3n) is 6.72. The highest BCUT2D eigenvalue weighted by molar-refractivity contribution is 7.90. The van der Waals surface area contributed by atoms with Gasteiger partial charge in [-0.2, -0.15) is 0 Å². The monoisotopic (exact) mass is 526 g/mol. The molecule has 0 unspecified atom stereocenters. The molecule has 8 nitrogen and oxygen atoms in total. The van der Waals surface area contributed by atoms with Gasteiger partial charge >= 0.3 is 6.09 Å². The second-order valence-corrected chi connectivity index (χ2v) is 11.9. The largest absolute Gasteiger partial charge is 0.506 e. The number of piperidine rings is 1. The standard InChI is InChI=1S/C10H17NO3.C8H16.C7H9NO3S.C2H4/c1-10(4-5-10)14-9(13)11-6-2-8(12)3-7-11;1-2-8-6-4-3-5-7-8;1-5-6(9)3-4-7(8-5)12(2,10)11;1-2/h8,12H,2-7H2,1H3;8H,2-7H2,1H3;3-4,9H,1-2H3;1-2H2. The lowest BCUT2D eigenvalue weighted by Crippen LogP contribution is -2.41. The van der Waals surface area contributed by atoms with Crippen LogP contribution in [-0.4, -0.2) is 65.7 Å². The van der Waals surface area contributed by atoms with E-state index in [9.17, 15) is 18.3 Å². The average molecular weight is 527 g/mol. The minimum atomic E-state index is -3.26. The molecule has 1 aromatic rings. The smallest absolute Gasteiger partial charge is 0.410 e. The molecule has 0 aromatic carbocycles. The molecule has 36 heavy (non-hydrogen) atoms. The predicted octanol–water partition coefficient (Wildman–Crippen LogP) is 5.41. The van der Waals surface area contributed by atoms with Gasteiger partial charge < -0.3 is 19.8 Å². The summed E-state index contributed by atoms with van der Waals surface area (Å²) in [7, 11) is -3.26. The highest BCUT2D eigenvalue weighted by atomic mass is 32.2. The average Bonchev–Trinajstić information content (AvgIpc) is 3.59. The first-order valence-electron chi connectivity index (χ1n) is 13.0. The van der Waals surface area contributed by atoms with E-state index in [2.05, 4.69) is 25.1 Å². The second-order valence-electron chi connectivity index (χ2n) is 9.97. The normalized spacial score (nSPS) is 19.3. The van der Waals surface area contributed by atoms with Crippen LogP contribution in [0.5, 0.6) is 5.75 Å². The molecular formula is C27H46N2O6S. The number of aryl methyl sites for hydroxylation is 1. The first kappa shape index (κ1) is 31.9. The van der Waals surface area contributed by atoms with Crippen LogP contribution in [0.15, 0.2) is 30.3 Å². The van der Waals surface area contributed by atoms with Gasteiger partial charge in [0.2, 0.25) is 0 Å². The van der Waals surface area contributed by atoms with Gasteiger partial charge in [-0.1, -0.05) is 45.4 Å². The van der Waals surface area contributed by atoms with Gasteiger partial charge in [0.05, 0.1) is 11.8 Å². The van der Waals surface area contributed by atoms with Crippen molar-refractivity contribution in [1.29, 1.82) is 0 Å². The summed E-state index contributed by atoms with van der Waals surface area (Å²) < 4.78 is 27.2. The molecule has 3 fully saturated rings. The van der Waals surface area contributed by atoms with E-state index in [0.29, 0.717) is 31.6 Å². The number of aromatic hydroxyl groups is 1. The van der Waals surface area contributed by atoms with E-state index in [-0.39, 0.29) is 28.6 Å². The van der Waals surface area contributed by atoms with Gasteiger partial charge in [0.1, 0.15) is 11.4 Å². The number of aliphatic hydroxyl groups excluding tert-OH is 1. The highest BCUT2D eigenvalue weighted by Crippen LogP contribution is 2.39. The molecule has 0 spiro atoms. The Morgan fingerprint density at radius 3 is 2.11 bits per heavy atom. The van der Waals surface area contributed by atoms with Crippen LogP contribution >= 0.6 is 0 Å². The molecule has 1 amide bonds. The van der Waals surface area contributed by atoms with Crippen LogP contribution in [0.25, 0.3) is 0 Å². The third kappa shape index (κ3) is 11.7. The number of rotatable bonds is 3. The fourth-order valence-electron chi connectivity index (χ4n) is 3.93. The van der Waals surface area contributed by atoms with Gasteiger partial charge in [-0.3, -0.25) is 0 Å². The van der Waals surface area contributed by atoms with E-state index >= 15 is 0 Å². The van der Waals surface area contributed by atoms with E-state index in [0.717, 1.165) is 25.0 Å². The summed E-state index contributed by atoms with van der Waals surface area (Å²) in [5.74, 6) is 1.09. The Morgan fingerprint density at radius 1 is 1.14 bits per heavy atom. The van der Waals surface area contributed by atoms with Crippen LogP contribution in [0.4, 0.5) is 4.79 Å². The Hall–Kier alpha value is -2.13. The zero-order valence-corrected chi connectivity index (χ0v) is 23.4. The molecule has 206 valence electrons. The molecule has 3 aliphatic rings. The van der Waals surface area contributed by atoms with Crippen molar-refractivity contribution < 1.29 is 28.2 Å². The Kier molecular flexibility index (Phi) is 13.5. The van der Waals surface area contributed by atoms with Crippen LogP contribution < -0.4 is 0 Å². The van der Waals surface area contributed by atoms with Gasteiger partial charge in [-0.25, -0.2) is 18.2 Å². The van der Waals surface area contributed by atoms with Gasteiger partial charge in [-0.15, -0.1) is 13.2 Å². The van der Waals surface area contributed by atoms with Crippen LogP contribution in [0.1, 0.15) is 83.7 Å². The number of sulfone groups is 1. The first-order valence-corrected chi connectivity index (χ1v) is 14.9. The molecule has 0 bridgehead atoms. The molecule has 2 saturated carbocycles. The van der Waals surface area contributed by atoms with Gasteiger partial charge in [0.15, 0.2) is 14.9 Å². The minimum absolute atomic E-state index is 0.00222. The van der Waals surface area contributed by atoms with Crippen LogP contribution in [0.2, 0.25) is 0 Å².